The SMILES string of the molecule is CS/C=C([C]1[CH][CH][CH][CH]1)\C(=C/c1ccccc1)[C]1[CH][CH][CH][CH]1. The molecule has 0 spiro atoms. The van der Waals surface area contributed by atoms with Crippen LogP contribution in [0.15, 0.2) is 46.9 Å². The molecule has 1 heteroatoms. The summed E-state index contributed by atoms with van der Waals surface area (Å²) >= 11 is 1.74. The van der Waals surface area contributed by atoms with Crippen molar-refractivity contribution in [2.75, 3.05) is 6.26 Å². The molecule has 0 unspecified atom stereocenters. The molecule has 0 amide bonds. The van der Waals surface area contributed by atoms with Gasteiger partial charge in [0.25, 0.3) is 0 Å². The number of allylic oxidation sites excluding steroid dienone is 2. The molecule has 1 aromatic rings. The average Bonchev–Trinajstić information content (AvgIpc) is 3.24. The summed E-state index contributed by atoms with van der Waals surface area (Å²) in [5, 5.41) is 2.23. The zero-order valence-electron chi connectivity index (χ0n) is 12.6. The van der Waals surface area contributed by atoms with E-state index in [0.29, 0.717) is 0 Å². The molecule has 2 saturated carbocycles. The van der Waals surface area contributed by atoms with Crippen molar-refractivity contribution in [3.63, 3.8) is 0 Å². The first-order chi connectivity index (χ1) is 10.9. The number of hydrogen-bond donors (Lipinski definition) is 0. The Morgan fingerprint density at radius 1 is 0.773 bits per heavy atom. The second kappa shape index (κ2) is 8.06. The van der Waals surface area contributed by atoms with E-state index >= 15 is 0 Å². The lowest BCUT2D eigenvalue weighted by Crippen LogP contribution is -2.07. The maximum absolute atomic E-state index is 2.27. The molecule has 0 nitrogen and oxygen atoms in total. The zero-order valence-corrected chi connectivity index (χ0v) is 13.4. The lowest BCUT2D eigenvalue weighted by atomic mass is 9.83. The number of hydrogen-bond acceptors (Lipinski definition) is 1. The van der Waals surface area contributed by atoms with Crippen LogP contribution in [-0.2, 0) is 0 Å². The summed E-state index contributed by atoms with van der Waals surface area (Å²) in [7, 11) is 0. The van der Waals surface area contributed by atoms with Crippen LogP contribution in [0.1, 0.15) is 5.56 Å². The predicted molar refractivity (Wildman–Crippen MR) is 96.9 cm³/mol. The smallest absolute Gasteiger partial charge is 0.0132 e. The van der Waals surface area contributed by atoms with Crippen LogP contribution >= 0.6 is 11.8 Å². The van der Waals surface area contributed by atoms with Crippen LogP contribution < -0.4 is 0 Å². The highest BCUT2D eigenvalue weighted by atomic mass is 32.2. The van der Waals surface area contributed by atoms with E-state index in [4.69, 9.17) is 0 Å². The van der Waals surface area contributed by atoms with Gasteiger partial charge in [-0.25, -0.2) is 0 Å². The van der Waals surface area contributed by atoms with Crippen LogP contribution in [0.3, 0.4) is 0 Å². The highest BCUT2D eigenvalue weighted by Gasteiger charge is 2.29. The van der Waals surface area contributed by atoms with Crippen molar-refractivity contribution < 1.29 is 0 Å². The van der Waals surface area contributed by atoms with Gasteiger partial charge in [-0.05, 0) is 79.7 Å². The van der Waals surface area contributed by atoms with Gasteiger partial charge in [0.05, 0.1) is 0 Å². The molecule has 1 aromatic carbocycles. The topological polar surface area (TPSA) is 0 Å². The Bertz CT molecular complexity index is 514. The highest BCUT2D eigenvalue weighted by Crippen LogP contribution is 2.43. The zero-order chi connectivity index (χ0) is 15.2. The average molecular weight is 302 g/mol. The van der Waals surface area contributed by atoms with Gasteiger partial charge in [-0.2, -0.15) is 0 Å². The molecule has 0 bridgehead atoms. The highest BCUT2D eigenvalue weighted by molar-refractivity contribution is 8.01. The Hall–Kier alpha value is -0.950. The third-order valence-corrected chi connectivity index (χ3v) is 4.06. The fourth-order valence-electron chi connectivity index (χ4n) is 2.54. The summed E-state index contributed by atoms with van der Waals surface area (Å²) < 4.78 is 0. The lowest BCUT2D eigenvalue weighted by Gasteiger charge is -2.22. The quantitative estimate of drug-likeness (QED) is 0.680. The van der Waals surface area contributed by atoms with E-state index in [0.717, 1.165) is 0 Å². The van der Waals surface area contributed by atoms with Crippen molar-refractivity contribution >= 4 is 17.8 Å². The van der Waals surface area contributed by atoms with Gasteiger partial charge in [-0.1, -0.05) is 36.4 Å². The molecule has 10 radical (unpaired) electrons. The molecule has 0 saturated heterocycles. The van der Waals surface area contributed by atoms with Crippen LogP contribution in [0.4, 0.5) is 0 Å². The van der Waals surface area contributed by atoms with Crippen molar-refractivity contribution in [1.82, 2.24) is 0 Å². The Morgan fingerprint density at radius 2 is 1.32 bits per heavy atom. The van der Waals surface area contributed by atoms with Crippen LogP contribution in [0.5, 0.6) is 0 Å². The molecule has 2 aliphatic rings. The van der Waals surface area contributed by atoms with Crippen molar-refractivity contribution in [2.24, 2.45) is 0 Å². The second-order valence-corrected chi connectivity index (χ2v) is 5.79. The van der Waals surface area contributed by atoms with Crippen molar-refractivity contribution in [3.05, 3.63) is 116 Å². The van der Waals surface area contributed by atoms with Crippen LogP contribution in [-0.4, -0.2) is 6.26 Å². The van der Waals surface area contributed by atoms with Gasteiger partial charge in [-0.15, -0.1) is 11.8 Å². The second-order valence-electron chi connectivity index (χ2n) is 5.08. The first-order valence-corrected chi connectivity index (χ1v) is 8.61. The summed E-state index contributed by atoms with van der Waals surface area (Å²) in [5.74, 6) is 2.52. The predicted octanol–water partition coefficient (Wildman–Crippen LogP) is 5.13. The van der Waals surface area contributed by atoms with Crippen LogP contribution in [0, 0.1) is 63.2 Å². The third kappa shape index (κ3) is 3.87. The van der Waals surface area contributed by atoms with E-state index in [2.05, 4.69) is 99.4 Å². The van der Waals surface area contributed by atoms with Gasteiger partial charge in [0, 0.05) is 11.8 Å². The van der Waals surface area contributed by atoms with E-state index < -0.39 is 0 Å². The van der Waals surface area contributed by atoms with Gasteiger partial charge >= 0.3 is 0 Å². The minimum absolute atomic E-state index is 1.22. The number of benzene rings is 1. The summed E-state index contributed by atoms with van der Waals surface area (Å²) in [4.78, 5) is 0. The van der Waals surface area contributed by atoms with Crippen molar-refractivity contribution in [1.29, 1.82) is 0 Å². The van der Waals surface area contributed by atoms with Crippen LogP contribution in [0.2, 0.25) is 0 Å². The van der Waals surface area contributed by atoms with Crippen molar-refractivity contribution in [3.8, 4) is 0 Å². The van der Waals surface area contributed by atoms with E-state index in [9.17, 15) is 0 Å². The molecule has 0 heterocycles. The summed E-state index contributed by atoms with van der Waals surface area (Å²) in [6.45, 7) is 0. The Kier molecular flexibility index (Phi) is 5.83. The fourth-order valence-corrected chi connectivity index (χ4v) is 3.04. The Balaban J connectivity index is 1.95. The summed E-state index contributed by atoms with van der Waals surface area (Å²) in [5.41, 5.74) is 3.75. The minimum Gasteiger partial charge on any atom is -0.137 e. The first kappa shape index (κ1) is 15.9. The molecule has 0 aliphatic heterocycles. The molecule has 0 N–H and O–H groups in total. The molecule has 22 heavy (non-hydrogen) atoms. The Labute approximate surface area is 140 Å². The number of thioether (sulfide) groups is 1. The summed E-state index contributed by atoms with van der Waals surface area (Å²) in [6, 6.07) is 10.5. The normalized spacial score (nSPS) is 21.7. The first-order valence-electron chi connectivity index (χ1n) is 7.33. The summed E-state index contributed by atoms with van der Waals surface area (Å²) in [6.07, 6.45) is 21.4. The number of rotatable bonds is 5. The van der Waals surface area contributed by atoms with Crippen LogP contribution in [0.25, 0.3) is 6.08 Å². The Morgan fingerprint density at radius 3 is 1.86 bits per heavy atom. The third-order valence-electron chi connectivity index (χ3n) is 3.58. The van der Waals surface area contributed by atoms with Crippen molar-refractivity contribution in [2.45, 2.75) is 0 Å². The molecule has 3 rings (SSSR count). The largest absolute Gasteiger partial charge is 0.137 e. The molecule has 2 aliphatic carbocycles. The molecule has 0 atom stereocenters. The van der Waals surface area contributed by atoms with Gasteiger partial charge < -0.3 is 0 Å². The monoisotopic (exact) mass is 302 g/mol. The van der Waals surface area contributed by atoms with Gasteiger partial charge in [0.15, 0.2) is 0 Å². The van der Waals surface area contributed by atoms with E-state index in [1.54, 1.807) is 11.8 Å². The minimum atomic E-state index is 1.22. The fraction of sp³-hybridized carbons (Fsp3) is 0.0476. The standard InChI is InChI=1S/C21H18S/c1-22-16-21(19-13-7-8-14-19)20(18-11-5-6-12-18)15-17-9-3-2-4-10-17/h2-16H,1H3/b20-15-,21-16-. The lowest BCUT2D eigenvalue weighted by molar-refractivity contribution is 1.19. The molecular weight excluding hydrogens is 284 g/mol. The maximum atomic E-state index is 2.27. The molecular formula is C21H18S. The van der Waals surface area contributed by atoms with Gasteiger partial charge in [-0.3, -0.25) is 0 Å². The molecule has 0 aromatic heterocycles. The van der Waals surface area contributed by atoms with E-state index in [-0.39, 0.29) is 0 Å². The van der Waals surface area contributed by atoms with E-state index in [1.807, 2.05) is 0 Å². The van der Waals surface area contributed by atoms with Gasteiger partial charge in [0.2, 0.25) is 0 Å². The van der Waals surface area contributed by atoms with Gasteiger partial charge in [0.1, 0.15) is 0 Å². The molecule has 2 fully saturated rings. The molecule has 108 valence electrons. The van der Waals surface area contributed by atoms with E-state index in [1.165, 1.54) is 28.5 Å². The maximum Gasteiger partial charge on any atom is 0.0132 e.